The highest BCUT2D eigenvalue weighted by Crippen LogP contribution is 2.40. The predicted octanol–water partition coefficient (Wildman–Crippen LogP) is 14.2. The molecule has 0 amide bonds. The van der Waals surface area contributed by atoms with Crippen molar-refractivity contribution in [1.29, 1.82) is 0 Å². The Kier molecular flexibility index (Phi) is 7.76. The number of aromatic nitrogens is 5. The van der Waals surface area contributed by atoms with E-state index in [1.807, 2.05) is 6.20 Å². The molecule has 0 saturated carbocycles. The third kappa shape index (κ3) is 5.39. The van der Waals surface area contributed by atoms with Crippen LogP contribution in [-0.2, 0) is 5.41 Å². The molecule has 6 nitrogen and oxygen atoms in total. The molecule has 0 aliphatic rings. The molecule has 0 saturated heterocycles. The second kappa shape index (κ2) is 13.6. The zero-order valence-electron chi connectivity index (χ0n) is 35.6. The highest BCUT2D eigenvalue weighted by molar-refractivity contribution is 6.23. The molecule has 0 bridgehead atoms. The van der Waals surface area contributed by atoms with Crippen LogP contribution < -0.4 is 9.30 Å². The molecule has 64 heavy (non-hydrogen) atoms. The van der Waals surface area contributed by atoms with Crippen molar-refractivity contribution in [2.24, 2.45) is 0 Å². The summed E-state index contributed by atoms with van der Waals surface area (Å²) >= 11 is 0. The molecular weight excluding hydrogens is 783 g/mol. The van der Waals surface area contributed by atoms with E-state index in [9.17, 15) is 0 Å². The highest BCUT2D eigenvalue weighted by atomic mass is 16.5. The van der Waals surface area contributed by atoms with Crippen molar-refractivity contribution in [2.45, 2.75) is 26.2 Å². The summed E-state index contributed by atoms with van der Waals surface area (Å²) in [5, 5.41) is 9.36. The molecule has 0 unspecified atom stereocenters. The Balaban J connectivity index is 1.14. The van der Waals surface area contributed by atoms with Gasteiger partial charge in [-0.2, -0.15) is 0 Å². The molecule has 0 aliphatic heterocycles. The van der Waals surface area contributed by atoms with Gasteiger partial charge in [-0.25, -0.2) is 4.98 Å². The maximum atomic E-state index is 7.01. The van der Waals surface area contributed by atoms with E-state index in [1.54, 1.807) is 0 Å². The number of imidazole rings is 1. The van der Waals surface area contributed by atoms with E-state index in [4.69, 9.17) is 9.72 Å². The summed E-state index contributed by atoms with van der Waals surface area (Å²) in [7, 11) is 0. The molecular formula is C58H41N5O. The summed E-state index contributed by atoms with van der Waals surface area (Å²) in [6, 6.07) is 67.2. The molecule has 13 aromatic rings. The molecule has 0 radical (unpaired) electrons. The highest BCUT2D eigenvalue weighted by Gasteiger charge is 2.21. The minimum absolute atomic E-state index is 0.0268. The predicted molar refractivity (Wildman–Crippen MR) is 262 cm³/mol. The Hall–Kier alpha value is -8.22. The first-order chi connectivity index (χ1) is 31.4. The van der Waals surface area contributed by atoms with Crippen molar-refractivity contribution in [3.8, 4) is 23.0 Å². The SMILES string of the molecule is CC(C)(C)c1ccnc(-n2c3ccccc3c3ccc(Oc4ccc5c(c4)n4[c-][n+](-c6ccccc6)c6cccc(c7ccccc7c7cccc8c9ccccc9n5c78)c64)cc32)c1. The zero-order valence-corrected chi connectivity index (χ0v) is 35.6. The maximum absolute atomic E-state index is 7.01. The van der Waals surface area contributed by atoms with Crippen molar-refractivity contribution in [1.82, 2.24) is 18.4 Å². The summed E-state index contributed by atoms with van der Waals surface area (Å²) in [5.74, 6) is 2.33. The number of hydrogen-bond acceptors (Lipinski definition) is 2. The molecule has 8 aromatic carbocycles. The fraction of sp³-hybridized carbons (Fsp3) is 0.0690. The Morgan fingerprint density at radius 2 is 1.05 bits per heavy atom. The lowest BCUT2D eigenvalue weighted by Crippen LogP contribution is -2.29. The second-order valence-electron chi connectivity index (χ2n) is 17.8. The van der Waals surface area contributed by atoms with Gasteiger partial charge >= 0.3 is 0 Å². The van der Waals surface area contributed by atoms with Crippen LogP contribution in [0.2, 0.25) is 0 Å². The number of rotatable bonds is 4. The monoisotopic (exact) mass is 823 g/mol. The number of nitrogens with zero attached hydrogens (tertiary/aromatic N) is 5. The molecule has 0 aliphatic carbocycles. The third-order valence-electron chi connectivity index (χ3n) is 13.0. The van der Waals surface area contributed by atoms with E-state index in [0.717, 1.165) is 77.5 Å². The standard InChI is InChI=1S/C58H41N5O/c1-58(2,3)37-31-32-59-55(33-37)62-49-24-11-9-19-43(49)45-29-27-39(34-53(45)62)64-40-28-30-51-54(35-40)61-36-60(38-15-5-4-6-16-38)52-26-14-23-47(57(52)61)42-18-8-7-17-41(42)46-21-13-22-48-44-20-10-12-25-50(44)63(51)56(46)48/h4-35H,1-3H3. The smallest absolute Gasteiger partial charge is 0.269 e. The normalized spacial score (nSPS) is 12.3. The summed E-state index contributed by atoms with van der Waals surface area (Å²) in [4.78, 5) is 4.92. The van der Waals surface area contributed by atoms with Crippen LogP contribution in [0.1, 0.15) is 26.3 Å². The van der Waals surface area contributed by atoms with E-state index in [0.29, 0.717) is 5.75 Å². The lowest BCUT2D eigenvalue weighted by Gasteiger charge is -2.20. The van der Waals surface area contributed by atoms with E-state index >= 15 is 0 Å². The minimum Gasteiger partial charge on any atom is -0.458 e. The van der Waals surface area contributed by atoms with Gasteiger partial charge in [-0.15, -0.1) is 0 Å². The van der Waals surface area contributed by atoms with Gasteiger partial charge in [0, 0.05) is 39.2 Å². The molecule has 0 spiro atoms. The topological polar surface area (TPSA) is 39.8 Å². The van der Waals surface area contributed by atoms with Crippen LogP contribution in [0.3, 0.4) is 0 Å². The molecule has 5 heterocycles. The van der Waals surface area contributed by atoms with Crippen LogP contribution >= 0.6 is 0 Å². The van der Waals surface area contributed by atoms with Gasteiger partial charge < -0.3 is 9.14 Å². The summed E-state index contributed by atoms with van der Waals surface area (Å²) in [6.07, 6.45) is 5.80. The van der Waals surface area contributed by atoms with Crippen molar-refractivity contribution in [3.63, 3.8) is 0 Å². The quantitative estimate of drug-likeness (QED) is 0.131. The van der Waals surface area contributed by atoms with Crippen molar-refractivity contribution >= 4 is 87.2 Å². The van der Waals surface area contributed by atoms with Gasteiger partial charge in [0.1, 0.15) is 17.3 Å². The van der Waals surface area contributed by atoms with Gasteiger partial charge in [0.2, 0.25) is 0 Å². The maximum Gasteiger partial charge on any atom is 0.269 e. The molecule has 0 fully saturated rings. The number of ether oxygens (including phenoxy) is 1. The van der Waals surface area contributed by atoms with Crippen molar-refractivity contribution in [2.75, 3.05) is 0 Å². The summed E-state index contributed by atoms with van der Waals surface area (Å²) in [6.45, 7) is 6.72. The van der Waals surface area contributed by atoms with Gasteiger partial charge in [-0.1, -0.05) is 136 Å². The van der Waals surface area contributed by atoms with Gasteiger partial charge in [-0.3, -0.25) is 13.5 Å². The Morgan fingerprint density at radius 3 is 1.80 bits per heavy atom. The molecule has 0 N–H and O–H groups in total. The second-order valence-corrected chi connectivity index (χ2v) is 17.8. The number of pyridine rings is 1. The molecule has 0 atom stereocenters. The van der Waals surface area contributed by atoms with Gasteiger partial charge in [-0.05, 0) is 93.9 Å². The molecule has 304 valence electrons. The van der Waals surface area contributed by atoms with E-state index in [-0.39, 0.29) is 5.41 Å². The van der Waals surface area contributed by atoms with Crippen molar-refractivity contribution in [3.05, 3.63) is 206 Å². The van der Waals surface area contributed by atoms with Gasteiger partial charge in [0.25, 0.3) is 6.33 Å². The first-order valence-electron chi connectivity index (χ1n) is 21.9. The number of hydrogen-bond donors (Lipinski definition) is 0. The summed E-state index contributed by atoms with van der Waals surface area (Å²) in [5.41, 5.74) is 10.7. The fourth-order valence-corrected chi connectivity index (χ4v) is 10.1. The van der Waals surface area contributed by atoms with E-state index < -0.39 is 0 Å². The van der Waals surface area contributed by atoms with Crippen molar-refractivity contribution < 1.29 is 9.30 Å². The Morgan fingerprint density at radius 1 is 0.469 bits per heavy atom. The van der Waals surface area contributed by atoms with Crippen LogP contribution in [0.5, 0.6) is 11.5 Å². The minimum atomic E-state index is -0.0268. The van der Waals surface area contributed by atoms with Crippen LogP contribution in [0.15, 0.2) is 194 Å². The lowest BCUT2D eigenvalue weighted by atomic mass is 9.88. The molecule has 5 aromatic heterocycles. The first kappa shape index (κ1) is 36.4. The Labute approximate surface area is 368 Å². The largest absolute Gasteiger partial charge is 0.458 e. The van der Waals surface area contributed by atoms with Gasteiger partial charge in [0.15, 0.2) is 0 Å². The average Bonchev–Trinajstić information content (AvgIpc) is 4.00. The first-order valence-corrected chi connectivity index (χ1v) is 21.9. The number of benzene rings is 8. The van der Waals surface area contributed by atoms with E-state index in [1.165, 1.54) is 32.5 Å². The van der Waals surface area contributed by atoms with Crippen LogP contribution in [0.25, 0.3) is 98.7 Å². The average molecular weight is 824 g/mol. The number of para-hydroxylation sites is 5. The third-order valence-corrected chi connectivity index (χ3v) is 13.0. The fourth-order valence-electron chi connectivity index (χ4n) is 10.1. The van der Waals surface area contributed by atoms with Crippen LogP contribution in [0.4, 0.5) is 0 Å². The Bertz CT molecular complexity index is 4090. The van der Waals surface area contributed by atoms with Gasteiger partial charge in [0.05, 0.1) is 49.8 Å². The van der Waals surface area contributed by atoms with E-state index in [2.05, 4.69) is 233 Å². The molecule has 13 rings (SSSR count). The van der Waals surface area contributed by atoms with Crippen LogP contribution in [-0.4, -0.2) is 18.4 Å². The lowest BCUT2D eigenvalue weighted by molar-refractivity contribution is -0.572. The van der Waals surface area contributed by atoms with Crippen LogP contribution in [0, 0.1) is 6.33 Å². The summed E-state index contributed by atoms with van der Waals surface area (Å²) < 4.78 is 16.2. The molecule has 6 heteroatoms. The number of fused-ring (bicyclic) bond motifs is 12. The zero-order chi connectivity index (χ0) is 42.7.